The Kier molecular flexibility index (Phi) is 5.37. The second-order valence-corrected chi connectivity index (χ2v) is 8.60. The van der Waals surface area contributed by atoms with E-state index in [1.807, 2.05) is 19.2 Å². The van der Waals surface area contributed by atoms with Crippen LogP contribution in [-0.4, -0.2) is 36.9 Å². The monoisotopic (exact) mass is 368 g/mol. The van der Waals surface area contributed by atoms with E-state index in [-0.39, 0.29) is 11.8 Å². The first-order valence-corrected chi connectivity index (χ1v) is 10.5. The summed E-state index contributed by atoms with van der Waals surface area (Å²) in [5, 5.41) is 6.59. The fourth-order valence-corrected chi connectivity index (χ4v) is 4.84. The van der Waals surface area contributed by atoms with Crippen molar-refractivity contribution in [2.45, 2.75) is 57.9 Å². The quantitative estimate of drug-likeness (QED) is 0.628. The van der Waals surface area contributed by atoms with Crippen LogP contribution in [-0.2, 0) is 11.3 Å². The maximum atomic E-state index is 12.2. The van der Waals surface area contributed by atoms with Crippen LogP contribution >= 0.6 is 0 Å². The molecule has 5 nitrogen and oxygen atoms in total. The Morgan fingerprint density at radius 2 is 2.04 bits per heavy atom. The molecule has 5 heteroatoms. The number of nitrogens with one attached hydrogen (secondary N) is 2. The Morgan fingerprint density at radius 1 is 1.22 bits per heavy atom. The predicted molar refractivity (Wildman–Crippen MR) is 110 cm³/mol. The number of carbonyl (C=O) groups excluding carboxylic acids is 1. The van der Waals surface area contributed by atoms with Gasteiger partial charge in [0.05, 0.1) is 0 Å². The van der Waals surface area contributed by atoms with Gasteiger partial charge in [-0.3, -0.25) is 9.79 Å². The molecule has 2 aliphatic carbocycles. The van der Waals surface area contributed by atoms with Gasteiger partial charge in [0.25, 0.3) is 0 Å². The molecule has 0 atom stereocenters. The van der Waals surface area contributed by atoms with E-state index in [1.54, 1.807) is 0 Å². The third-order valence-corrected chi connectivity index (χ3v) is 6.73. The molecule has 0 bridgehead atoms. The smallest absolute Gasteiger partial charge is 0.227 e. The lowest BCUT2D eigenvalue weighted by Crippen LogP contribution is -2.40. The Bertz CT molecular complexity index is 704. The Morgan fingerprint density at radius 3 is 2.74 bits per heavy atom. The van der Waals surface area contributed by atoms with E-state index in [9.17, 15) is 4.79 Å². The molecule has 1 aromatic carbocycles. The van der Waals surface area contributed by atoms with Crippen LogP contribution in [0.1, 0.15) is 56.9 Å². The summed E-state index contributed by atoms with van der Waals surface area (Å²) in [6.07, 6.45) is 10.1. The number of anilines is 1. The normalized spacial score (nSPS) is 22.1. The van der Waals surface area contributed by atoms with Gasteiger partial charge in [0, 0.05) is 38.3 Å². The van der Waals surface area contributed by atoms with Crippen molar-refractivity contribution < 1.29 is 4.79 Å². The fourth-order valence-electron chi connectivity index (χ4n) is 4.84. The number of hydrogen-bond acceptors (Lipinski definition) is 2. The van der Waals surface area contributed by atoms with E-state index >= 15 is 0 Å². The highest BCUT2D eigenvalue weighted by molar-refractivity contribution is 5.93. The molecule has 1 heterocycles. The maximum absolute atomic E-state index is 12.2. The lowest BCUT2D eigenvalue weighted by Gasteiger charge is -2.26. The topological polar surface area (TPSA) is 56.7 Å². The number of rotatable bonds is 4. The predicted octanol–water partition coefficient (Wildman–Crippen LogP) is 3.77. The molecule has 1 aromatic rings. The third kappa shape index (κ3) is 4.12. The van der Waals surface area contributed by atoms with Crippen molar-refractivity contribution in [3.8, 4) is 0 Å². The molecule has 0 aromatic heterocycles. The third-order valence-electron chi connectivity index (χ3n) is 6.73. The summed E-state index contributed by atoms with van der Waals surface area (Å²) < 4.78 is 0. The van der Waals surface area contributed by atoms with Crippen molar-refractivity contribution in [1.29, 1.82) is 0 Å². The molecule has 1 saturated heterocycles. The first-order valence-electron chi connectivity index (χ1n) is 10.5. The van der Waals surface area contributed by atoms with Crippen LogP contribution in [0.25, 0.3) is 0 Å². The van der Waals surface area contributed by atoms with E-state index in [2.05, 4.69) is 32.7 Å². The molecule has 0 radical (unpaired) electrons. The summed E-state index contributed by atoms with van der Waals surface area (Å²) in [5.74, 6) is 1.38. The van der Waals surface area contributed by atoms with Crippen LogP contribution in [0.3, 0.4) is 0 Å². The molecule has 4 rings (SSSR count). The van der Waals surface area contributed by atoms with Gasteiger partial charge in [0.2, 0.25) is 5.91 Å². The van der Waals surface area contributed by atoms with Crippen molar-refractivity contribution in [2.24, 2.45) is 16.3 Å². The first kappa shape index (κ1) is 18.3. The molecule has 1 spiro atoms. The number of likely N-dealkylation sites (tertiary alicyclic amines) is 1. The zero-order valence-electron chi connectivity index (χ0n) is 16.5. The molecular weight excluding hydrogens is 336 g/mol. The van der Waals surface area contributed by atoms with Crippen molar-refractivity contribution >= 4 is 17.6 Å². The minimum Gasteiger partial charge on any atom is -0.352 e. The number of benzene rings is 1. The fraction of sp³-hybridized carbons (Fsp3) is 0.636. The van der Waals surface area contributed by atoms with Gasteiger partial charge in [-0.1, -0.05) is 31.4 Å². The van der Waals surface area contributed by atoms with Gasteiger partial charge in [-0.25, -0.2) is 0 Å². The lowest BCUT2D eigenvalue weighted by atomic mass is 9.85. The number of aliphatic imine (C=N–C) groups is 1. The zero-order valence-corrected chi connectivity index (χ0v) is 16.5. The molecule has 27 heavy (non-hydrogen) atoms. The average molecular weight is 369 g/mol. The van der Waals surface area contributed by atoms with E-state index in [0.717, 1.165) is 49.7 Å². The maximum Gasteiger partial charge on any atom is 0.227 e. The molecule has 3 aliphatic rings. The standard InChI is InChI=1S/C22H32N4O/c1-23-21(26-13-12-22(16-26)10-2-3-11-22)24-15-17-6-4-9-19(14-17)25-20(27)18-7-5-8-18/h4,6,9,14,18H,2-3,5,7-8,10-13,15-16H2,1H3,(H,23,24)(H,25,27). The Hall–Kier alpha value is -2.04. The lowest BCUT2D eigenvalue weighted by molar-refractivity contribution is -0.122. The molecule has 0 unspecified atom stereocenters. The Labute approximate surface area is 162 Å². The highest BCUT2D eigenvalue weighted by atomic mass is 16.1. The van der Waals surface area contributed by atoms with Gasteiger partial charge < -0.3 is 15.5 Å². The number of carbonyl (C=O) groups is 1. The van der Waals surface area contributed by atoms with Gasteiger partial charge in [0.15, 0.2) is 5.96 Å². The van der Waals surface area contributed by atoms with E-state index < -0.39 is 0 Å². The van der Waals surface area contributed by atoms with Crippen LogP contribution in [0.15, 0.2) is 29.3 Å². The minimum atomic E-state index is 0.168. The summed E-state index contributed by atoms with van der Waals surface area (Å²) in [6.45, 7) is 2.98. The summed E-state index contributed by atoms with van der Waals surface area (Å²) >= 11 is 0. The number of nitrogens with zero attached hydrogens (tertiary/aromatic N) is 2. The first-order chi connectivity index (χ1) is 13.2. The van der Waals surface area contributed by atoms with E-state index in [4.69, 9.17) is 0 Å². The van der Waals surface area contributed by atoms with E-state index in [1.165, 1.54) is 38.5 Å². The van der Waals surface area contributed by atoms with Gasteiger partial charge in [-0.2, -0.15) is 0 Å². The second-order valence-electron chi connectivity index (χ2n) is 8.60. The van der Waals surface area contributed by atoms with Crippen LogP contribution in [0.4, 0.5) is 5.69 Å². The van der Waals surface area contributed by atoms with Gasteiger partial charge >= 0.3 is 0 Å². The molecule has 2 N–H and O–H groups in total. The van der Waals surface area contributed by atoms with Crippen molar-refractivity contribution in [3.05, 3.63) is 29.8 Å². The Balaban J connectivity index is 1.32. The average Bonchev–Trinajstić information content (AvgIpc) is 3.25. The number of amides is 1. The van der Waals surface area contributed by atoms with Crippen LogP contribution in [0.2, 0.25) is 0 Å². The van der Waals surface area contributed by atoms with Crippen molar-refractivity contribution in [3.63, 3.8) is 0 Å². The molecule has 1 amide bonds. The van der Waals surface area contributed by atoms with Crippen LogP contribution < -0.4 is 10.6 Å². The molecule has 3 fully saturated rings. The van der Waals surface area contributed by atoms with Gasteiger partial charge in [0.1, 0.15) is 0 Å². The van der Waals surface area contributed by atoms with Crippen LogP contribution in [0, 0.1) is 11.3 Å². The zero-order chi connectivity index (χ0) is 18.7. The number of guanidine groups is 1. The SMILES string of the molecule is CN=C(NCc1cccc(NC(=O)C2CCC2)c1)N1CCC2(CCCC2)C1. The largest absolute Gasteiger partial charge is 0.352 e. The van der Waals surface area contributed by atoms with Gasteiger partial charge in [-0.05, 0) is 55.2 Å². The summed E-state index contributed by atoms with van der Waals surface area (Å²) in [5.41, 5.74) is 2.60. The van der Waals surface area contributed by atoms with Gasteiger partial charge in [-0.15, -0.1) is 0 Å². The molecular formula is C22H32N4O. The summed E-state index contributed by atoms with van der Waals surface area (Å²) in [4.78, 5) is 19.1. The second kappa shape index (κ2) is 7.91. The number of hydrogen-bond donors (Lipinski definition) is 2. The van der Waals surface area contributed by atoms with Crippen molar-refractivity contribution in [2.75, 3.05) is 25.5 Å². The minimum absolute atomic E-state index is 0.168. The van der Waals surface area contributed by atoms with E-state index in [0.29, 0.717) is 5.41 Å². The molecule has 2 saturated carbocycles. The molecule has 146 valence electrons. The van der Waals surface area contributed by atoms with Crippen molar-refractivity contribution in [1.82, 2.24) is 10.2 Å². The molecule has 1 aliphatic heterocycles. The highest BCUT2D eigenvalue weighted by Gasteiger charge is 2.41. The highest BCUT2D eigenvalue weighted by Crippen LogP contribution is 2.45. The summed E-state index contributed by atoms with van der Waals surface area (Å²) in [6, 6.07) is 8.15. The van der Waals surface area contributed by atoms with Crippen LogP contribution in [0.5, 0.6) is 0 Å². The summed E-state index contributed by atoms with van der Waals surface area (Å²) in [7, 11) is 1.87.